The van der Waals surface area contributed by atoms with Crippen LogP contribution in [-0.4, -0.2) is 34.7 Å². The monoisotopic (exact) mass is 252 g/mol. The Morgan fingerprint density at radius 3 is 3.06 bits per heavy atom. The van der Waals surface area contributed by atoms with Crippen LogP contribution >= 0.6 is 11.3 Å². The maximum absolute atomic E-state index is 8.93. The van der Waals surface area contributed by atoms with Gasteiger partial charge in [-0.15, -0.1) is 11.3 Å². The summed E-state index contributed by atoms with van der Waals surface area (Å²) in [6, 6.07) is 3.77. The van der Waals surface area contributed by atoms with Crippen LogP contribution in [0, 0.1) is 0 Å². The molecule has 2 heterocycles. The summed E-state index contributed by atoms with van der Waals surface area (Å²) in [4.78, 5) is 6.68. The van der Waals surface area contributed by atoms with Crippen LogP contribution in [-0.2, 0) is 6.54 Å². The largest absolute Gasteiger partial charge is 0.462 e. The van der Waals surface area contributed by atoms with Crippen LogP contribution in [0.2, 0.25) is 0 Å². The van der Waals surface area contributed by atoms with Crippen LogP contribution in [0.15, 0.2) is 28.2 Å². The van der Waals surface area contributed by atoms with Gasteiger partial charge in [-0.05, 0) is 18.7 Å². The lowest BCUT2D eigenvalue weighted by Gasteiger charge is -2.17. The second-order valence-electron chi connectivity index (χ2n) is 3.71. The molecule has 0 aliphatic heterocycles. The summed E-state index contributed by atoms with van der Waals surface area (Å²) in [5.41, 5.74) is 1.02. The molecule has 0 atom stereocenters. The molecule has 0 aliphatic rings. The summed E-state index contributed by atoms with van der Waals surface area (Å²) in [6.45, 7) is 4.63. The van der Waals surface area contributed by atoms with Crippen molar-refractivity contribution in [2.24, 2.45) is 0 Å². The lowest BCUT2D eigenvalue weighted by atomic mass is 10.4. The van der Waals surface area contributed by atoms with Crippen molar-refractivity contribution >= 4 is 11.3 Å². The van der Waals surface area contributed by atoms with Crippen LogP contribution in [0.1, 0.15) is 12.6 Å². The van der Waals surface area contributed by atoms with Gasteiger partial charge < -0.3 is 9.52 Å². The molecule has 0 saturated heterocycles. The Morgan fingerprint density at radius 1 is 1.53 bits per heavy atom. The highest BCUT2D eigenvalue weighted by atomic mass is 32.1. The normalized spacial score (nSPS) is 11.2. The molecule has 1 N–H and O–H groups in total. The fourth-order valence-electron chi connectivity index (χ4n) is 1.61. The number of aromatic nitrogens is 1. The maximum atomic E-state index is 8.93. The first kappa shape index (κ1) is 12.3. The molecule has 0 aromatic carbocycles. The number of aliphatic hydroxyl groups is 1. The van der Waals surface area contributed by atoms with Crippen LogP contribution in [0.3, 0.4) is 0 Å². The van der Waals surface area contributed by atoms with Crippen LogP contribution in [0.5, 0.6) is 0 Å². The molecule has 2 aromatic heterocycles. The smallest absolute Gasteiger partial charge is 0.162 e. The number of hydrogen-bond acceptors (Lipinski definition) is 5. The molecule has 0 amide bonds. The average molecular weight is 252 g/mol. The third-order valence-electron chi connectivity index (χ3n) is 2.53. The van der Waals surface area contributed by atoms with E-state index in [1.54, 1.807) is 17.6 Å². The van der Waals surface area contributed by atoms with Crippen molar-refractivity contribution in [1.29, 1.82) is 0 Å². The topological polar surface area (TPSA) is 49.5 Å². The molecule has 0 saturated carbocycles. The van der Waals surface area contributed by atoms with Gasteiger partial charge in [0.25, 0.3) is 0 Å². The molecule has 4 nitrogen and oxygen atoms in total. The van der Waals surface area contributed by atoms with Gasteiger partial charge in [0.1, 0.15) is 0 Å². The van der Waals surface area contributed by atoms with Crippen molar-refractivity contribution in [2.75, 3.05) is 19.7 Å². The molecule has 0 bridgehead atoms. The summed E-state index contributed by atoms with van der Waals surface area (Å²) in [5, 5.41) is 11.9. The van der Waals surface area contributed by atoms with Crippen molar-refractivity contribution in [3.05, 3.63) is 29.5 Å². The van der Waals surface area contributed by atoms with Crippen LogP contribution in [0.25, 0.3) is 10.8 Å². The summed E-state index contributed by atoms with van der Waals surface area (Å²) >= 11 is 1.58. The highest BCUT2D eigenvalue weighted by Crippen LogP contribution is 2.24. The van der Waals surface area contributed by atoms with Crippen molar-refractivity contribution in [3.63, 3.8) is 0 Å². The van der Waals surface area contributed by atoms with E-state index in [1.165, 1.54) is 0 Å². The average Bonchev–Trinajstić information content (AvgIpc) is 2.98. The van der Waals surface area contributed by atoms with Crippen molar-refractivity contribution in [2.45, 2.75) is 13.5 Å². The third kappa shape index (κ3) is 3.15. The molecule has 17 heavy (non-hydrogen) atoms. The number of aliphatic hydroxyl groups excluding tert-OH is 1. The lowest BCUT2D eigenvalue weighted by molar-refractivity contribution is 0.195. The molecule has 0 fully saturated rings. The first-order valence-electron chi connectivity index (χ1n) is 5.65. The van der Waals surface area contributed by atoms with E-state index in [0.29, 0.717) is 6.54 Å². The van der Waals surface area contributed by atoms with E-state index in [4.69, 9.17) is 9.52 Å². The van der Waals surface area contributed by atoms with Gasteiger partial charge in [0.2, 0.25) is 0 Å². The third-order valence-corrected chi connectivity index (χ3v) is 3.44. The maximum Gasteiger partial charge on any atom is 0.162 e. The fourth-order valence-corrected chi connectivity index (χ4v) is 2.39. The number of likely N-dealkylation sites (N-methyl/N-ethyl adjacent to an activating group) is 1. The summed E-state index contributed by atoms with van der Waals surface area (Å²) in [7, 11) is 0. The van der Waals surface area contributed by atoms with Gasteiger partial charge >= 0.3 is 0 Å². The quantitative estimate of drug-likeness (QED) is 0.856. The van der Waals surface area contributed by atoms with Gasteiger partial charge in [-0.3, -0.25) is 4.90 Å². The molecule has 0 aliphatic carbocycles. The highest BCUT2D eigenvalue weighted by molar-refractivity contribution is 7.13. The number of rotatable bonds is 6. The van der Waals surface area contributed by atoms with Crippen LogP contribution in [0.4, 0.5) is 0 Å². The zero-order valence-electron chi connectivity index (χ0n) is 9.80. The van der Waals surface area contributed by atoms with E-state index in [0.717, 1.165) is 29.6 Å². The van der Waals surface area contributed by atoms with Crippen molar-refractivity contribution < 1.29 is 9.52 Å². The molecule has 0 unspecified atom stereocenters. The molecule has 92 valence electrons. The Bertz CT molecular complexity index is 439. The predicted octanol–water partition coefficient (Wildman–Crippen LogP) is 2.22. The second kappa shape index (κ2) is 5.95. The van der Waals surface area contributed by atoms with Gasteiger partial charge in [-0.1, -0.05) is 6.92 Å². The summed E-state index contributed by atoms with van der Waals surface area (Å²) in [6.07, 6.45) is 1.65. The minimum Gasteiger partial charge on any atom is -0.462 e. The summed E-state index contributed by atoms with van der Waals surface area (Å²) < 4.78 is 5.31. The van der Waals surface area contributed by atoms with Gasteiger partial charge in [-0.2, -0.15) is 0 Å². The number of nitrogens with zero attached hydrogens (tertiary/aromatic N) is 2. The summed E-state index contributed by atoms with van der Waals surface area (Å²) in [5.74, 6) is 0.812. The number of hydrogen-bond donors (Lipinski definition) is 1. The Morgan fingerprint density at radius 2 is 2.41 bits per heavy atom. The molecule has 0 spiro atoms. The predicted molar refractivity (Wildman–Crippen MR) is 67.9 cm³/mol. The molecule has 0 radical (unpaired) electrons. The van der Waals surface area contributed by atoms with E-state index < -0.39 is 0 Å². The van der Waals surface area contributed by atoms with Gasteiger partial charge in [0.05, 0.1) is 18.6 Å². The molecule has 2 aromatic rings. The van der Waals surface area contributed by atoms with Crippen LogP contribution < -0.4 is 0 Å². The Balaban J connectivity index is 2.03. The SMILES string of the molecule is CCN(CCO)Cc1csc(-c2ccco2)n1. The minimum absolute atomic E-state index is 0.184. The standard InChI is InChI=1S/C12H16N2O2S/c1-2-14(5-6-15)8-10-9-17-12(13-10)11-4-3-7-16-11/h3-4,7,9,15H,2,5-6,8H2,1H3. The first-order chi connectivity index (χ1) is 8.33. The van der Waals surface area contributed by atoms with Gasteiger partial charge in [0, 0.05) is 18.5 Å². The van der Waals surface area contributed by atoms with E-state index in [2.05, 4.69) is 16.8 Å². The van der Waals surface area contributed by atoms with E-state index in [1.807, 2.05) is 17.5 Å². The van der Waals surface area contributed by atoms with E-state index >= 15 is 0 Å². The zero-order chi connectivity index (χ0) is 12.1. The Hall–Kier alpha value is -1.17. The van der Waals surface area contributed by atoms with E-state index in [-0.39, 0.29) is 6.61 Å². The first-order valence-corrected chi connectivity index (χ1v) is 6.53. The lowest BCUT2D eigenvalue weighted by Crippen LogP contribution is -2.26. The molecule has 2 rings (SSSR count). The van der Waals surface area contributed by atoms with Gasteiger partial charge in [-0.25, -0.2) is 4.98 Å². The van der Waals surface area contributed by atoms with Crippen molar-refractivity contribution in [3.8, 4) is 10.8 Å². The Labute approximate surface area is 105 Å². The minimum atomic E-state index is 0.184. The van der Waals surface area contributed by atoms with Crippen molar-refractivity contribution in [1.82, 2.24) is 9.88 Å². The number of thiazole rings is 1. The van der Waals surface area contributed by atoms with Gasteiger partial charge in [0.15, 0.2) is 10.8 Å². The number of furan rings is 1. The molecule has 5 heteroatoms. The highest BCUT2D eigenvalue weighted by Gasteiger charge is 2.09. The Kier molecular flexibility index (Phi) is 4.30. The zero-order valence-corrected chi connectivity index (χ0v) is 10.6. The molecular formula is C12H16N2O2S. The fraction of sp³-hybridized carbons (Fsp3) is 0.417. The molecular weight excluding hydrogens is 236 g/mol. The van der Waals surface area contributed by atoms with E-state index in [9.17, 15) is 0 Å². The second-order valence-corrected chi connectivity index (χ2v) is 4.57.